The molecule has 0 amide bonds. The van der Waals surface area contributed by atoms with Crippen LogP contribution in [-0.2, 0) is 10.4 Å². The van der Waals surface area contributed by atoms with Gasteiger partial charge in [0.15, 0.2) is 0 Å². The Balaban J connectivity index is 1.82. The number of carbonyl (C=O) groups is 1. The van der Waals surface area contributed by atoms with E-state index in [1.165, 1.54) is 6.07 Å². The van der Waals surface area contributed by atoms with Crippen LogP contribution in [0.15, 0.2) is 41.0 Å². The summed E-state index contributed by atoms with van der Waals surface area (Å²) in [4.78, 5) is 20.4. The minimum absolute atomic E-state index is 0.0253. The van der Waals surface area contributed by atoms with Crippen LogP contribution in [0, 0.1) is 0 Å². The molecule has 4 rings (SSSR count). The number of halogens is 5. The van der Waals surface area contributed by atoms with E-state index in [2.05, 4.69) is 10.1 Å². The fourth-order valence-electron chi connectivity index (χ4n) is 3.16. The van der Waals surface area contributed by atoms with Gasteiger partial charge < -0.3 is 9.94 Å². The Hall–Kier alpha value is -2.36. The van der Waals surface area contributed by atoms with Crippen molar-refractivity contribution in [1.82, 2.24) is 4.98 Å². The Morgan fingerprint density at radius 1 is 1.24 bits per heavy atom. The van der Waals surface area contributed by atoms with Crippen molar-refractivity contribution < 1.29 is 27.9 Å². The van der Waals surface area contributed by atoms with Crippen molar-refractivity contribution >= 4 is 56.3 Å². The third kappa shape index (κ3) is 3.23. The van der Waals surface area contributed by atoms with Gasteiger partial charge in [0.05, 0.1) is 22.4 Å². The van der Waals surface area contributed by atoms with Crippen LogP contribution in [0.4, 0.5) is 13.2 Å². The molecule has 1 aromatic carbocycles. The number of rotatable bonds is 3. The highest BCUT2D eigenvalue weighted by Crippen LogP contribution is 2.50. The summed E-state index contributed by atoms with van der Waals surface area (Å²) >= 11 is 12.9. The molecule has 29 heavy (non-hydrogen) atoms. The number of alkyl halides is 3. The van der Waals surface area contributed by atoms with Crippen molar-refractivity contribution in [1.29, 1.82) is 0 Å². The number of oxime groups is 1. The fourth-order valence-corrected chi connectivity index (χ4v) is 4.59. The van der Waals surface area contributed by atoms with Gasteiger partial charge in [0.25, 0.3) is 5.60 Å². The SMILES string of the molecule is O=C(O)c1cnc(C2=NOC(c3cc(Cl)cc(Cl)c3)(C(F)(F)F)C2)c2ccsc12. The van der Waals surface area contributed by atoms with Crippen molar-refractivity contribution in [2.24, 2.45) is 5.16 Å². The Kier molecular flexibility index (Phi) is 4.71. The van der Waals surface area contributed by atoms with Gasteiger partial charge in [-0.25, -0.2) is 4.79 Å². The molecule has 0 fully saturated rings. The summed E-state index contributed by atoms with van der Waals surface area (Å²) in [6.07, 6.45) is -4.40. The lowest BCUT2D eigenvalue weighted by atomic mass is 9.87. The number of fused-ring (bicyclic) bond motifs is 1. The van der Waals surface area contributed by atoms with Gasteiger partial charge >= 0.3 is 12.1 Å². The van der Waals surface area contributed by atoms with Crippen LogP contribution in [0.25, 0.3) is 10.1 Å². The average Bonchev–Trinajstić information content (AvgIpc) is 3.27. The molecule has 0 spiro atoms. The average molecular weight is 461 g/mol. The highest BCUT2D eigenvalue weighted by Gasteiger charge is 2.62. The number of hydrogen-bond acceptors (Lipinski definition) is 5. The first kappa shape index (κ1) is 19.9. The van der Waals surface area contributed by atoms with E-state index >= 15 is 0 Å². The van der Waals surface area contributed by atoms with E-state index in [1.807, 2.05) is 0 Å². The van der Waals surface area contributed by atoms with Gasteiger partial charge in [-0.3, -0.25) is 4.98 Å². The van der Waals surface area contributed by atoms with Crippen molar-refractivity contribution in [3.8, 4) is 0 Å². The van der Waals surface area contributed by atoms with Crippen LogP contribution in [0.3, 0.4) is 0 Å². The zero-order valence-electron chi connectivity index (χ0n) is 14.1. The maximum Gasteiger partial charge on any atom is 0.435 e. The van der Waals surface area contributed by atoms with Gasteiger partial charge in [0.1, 0.15) is 5.71 Å². The second-order valence-electron chi connectivity index (χ2n) is 6.28. The van der Waals surface area contributed by atoms with E-state index in [-0.39, 0.29) is 32.6 Å². The standard InChI is InChI=1S/C18H9Cl2F3N2O3S/c19-9-3-8(4-10(20)5-9)17(18(21,22)23)6-13(25-28-17)14-11-1-2-29-15(11)12(7-24-14)16(26)27/h1-5,7H,6H2,(H,26,27). The van der Waals surface area contributed by atoms with E-state index in [0.717, 1.165) is 29.7 Å². The lowest BCUT2D eigenvalue weighted by Gasteiger charge is -2.29. The number of aromatic nitrogens is 1. The molecule has 3 heterocycles. The van der Waals surface area contributed by atoms with Crippen molar-refractivity contribution in [2.75, 3.05) is 0 Å². The zero-order valence-corrected chi connectivity index (χ0v) is 16.5. The molecule has 1 aliphatic rings. The van der Waals surface area contributed by atoms with Gasteiger partial charge in [-0.1, -0.05) is 28.4 Å². The summed E-state index contributed by atoms with van der Waals surface area (Å²) in [5, 5.41) is 15.0. The van der Waals surface area contributed by atoms with Gasteiger partial charge in [0, 0.05) is 27.2 Å². The summed E-state index contributed by atoms with van der Waals surface area (Å²) in [5.74, 6) is -1.18. The van der Waals surface area contributed by atoms with Crippen molar-refractivity contribution in [3.63, 3.8) is 0 Å². The molecule has 1 aliphatic heterocycles. The van der Waals surface area contributed by atoms with Crippen molar-refractivity contribution in [3.05, 3.63) is 62.7 Å². The summed E-state index contributed by atoms with van der Waals surface area (Å²) < 4.78 is 42.7. The van der Waals surface area contributed by atoms with Gasteiger partial charge in [0.2, 0.25) is 0 Å². The molecule has 1 atom stereocenters. The van der Waals surface area contributed by atoms with E-state index in [4.69, 9.17) is 28.0 Å². The highest BCUT2D eigenvalue weighted by molar-refractivity contribution is 7.17. The van der Waals surface area contributed by atoms with E-state index in [1.54, 1.807) is 11.4 Å². The lowest BCUT2D eigenvalue weighted by Crippen LogP contribution is -2.42. The lowest BCUT2D eigenvalue weighted by molar-refractivity contribution is -0.275. The monoisotopic (exact) mass is 460 g/mol. The molecule has 11 heteroatoms. The van der Waals surface area contributed by atoms with Crippen LogP contribution < -0.4 is 0 Å². The minimum Gasteiger partial charge on any atom is -0.478 e. The second-order valence-corrected chi connectivity index (χ2v) is 8.07. The summed E-state index contributed by atoms with van der Waals surface area (Å²) in [7, 11) is 0. The molecule has 1 unspecified atom stereocenters. The number of nitrogens with zero attached hydrogens (tertiary/aromatic N) is 2. The number of thiophene rings is 1. The molecule has 3 aromatic rings. The van der Waals surface area contributed by atoms with Gasteiger partial charge in [-0.05, 0) is 29.6 Å². The molecule has 0 aliphatic carbocycles. The van der Waals surface area contributed by atoms with Gasteiger partial charge in [-0.15, -0.1) is 11.3 Å². The molecule has 0 bridgehead atoms. The zero-order chi connectivity index (χ0) is 21.0. The summed E-state index contributed by atoms with van der Waals surface area (Å²) in [6, 6.07) is 5.15. The first-order valence-electron chi connectivity index (χ1n) is 8.00. The number of pyridine rings is 1. The number of hydrogen-bond donors (Lipinski definition) is 1. The van der Waals surface area contributed by atoms with E-state index in [9.17, 15) is 23.1 Å². The first-order valence-corrected chi connectivity index (χ1v) is 9.64. The molecule has 150 valence electrons. The Morgan fingerprint density at radius 3 is 2.55 bits per heavy atom. The quantitative estimate of drug-likeness (QED) is 0.529. The molecule has 5 nitrogen and oxygen atoms in total. The smallest absolute Gasteiger partial charge is 0.435 e. The topological polar surface area (TPSA) is 71.8 Å². The number of aromatic carboxylic acids is 1. The molecular weight excluding hydrogens is 452 g/mol. The maximum atomic E-state index is 14.1. The summed E-state index contributed by atoms with van der Waals surface area (Å²) in [6.45, 7) is 0. The molecular formula is C18H9Cl2F3N2O3S. The predicted molar refractivity (Wildman–Crippen MR) is 103 cm³/mol. The van der Waals surface area contributed by atoms with Crippen LogP contribution >= 0.6 is 34.5 Å². The fraction of sp³-hybridized carbons (Fsp3) is 0.167. The maximum absolute atomic E-state index is 14.1. The molecule has 0 saturated carbocycles. The predicted octanol–water partition coefficient (Wildman–Crippen LogP) is 5.88. The number of carboxylic acids is 1. The number of carboxylic acid groups (broad SMARTS) is 1. The Morgan fingerprint density at radius 2 is 1.93 bits per heavy atom. The van der Waals surface area contributed by atoms with Crippen LogP contribution in [-0.4, -0.2) is 27.9 Å². The Labute approximate surface area is 175 Å². The third-order valence-corrected chi connectivity index (χ3v) is 5.89. The normalized spacial score (nSPS) is 19.3. The summed E-state index contributed by atoms with van der Waals surface area (Å²) in [5.41, 5.74) is -3.04. The highest BCUT2D eigenvalue weighted by atomic mass is 35.5. The third-order valence-electron chi connectivity index (χ3n) is 4.51. The van der Waals surface area contributed by atoms with Crippen LogP contribution in [0.2, 0.25) is 10.0 Å². The van der Waals surface area contributed by atoms with E-state index in [0.29, 0.717) is 10.1 Å². The molecule has 2 aromatic heterocycles. The molecule has 0 radical (unpaired) electrons. The number of benzene rings is 1. The van der Waals surface area contributed by atoms with Crippen molar-refractivity contribution in [2.45, 2.75) is 18.2 Å². The van der Waals surface area contributed by atoms with Crippen LogP contribution in [0.5, 0.6) is 0 Å². The first-order chi connectivity index (χ1) is 13.6. The largest absolute Gasteiger partial charge is 0.478 e. The minimum atomic E-state index is -4.83. The van der Waals surface area contributed by atoms with E-state index < -0.39 is 24.2 Å². The molecule has 1 N–H and O–H groups in total. The molecule has 0 saturated heterocycles. The Bertz CT molecular complexity index is 1160. The van der Waals surface area contributed by atoms with Crippen LogP contribution in [0.1, 0.15) is 28.0 Å². The second kappa shape index (κ2) is 6.86. The van der Waals surface area contributed by atoms with Gasteiger partial charge in [-0.2, -0.15) is 13.2 Å².